The minimum atomic E-state index is -0.702. The molecule has 0 saturated carbocycles. The molecule has 0 saturated heterocycles. The van der Waals surface area contributed by atoms with Crippen molar-refractivity contribution in [1.82, 2.24) is 10.1 Å². The molecule has 1 heterocycles. The van der Waals surface area contributed by atoms with Gasteiger partial charge in [-0.3, -0.25) is 0 Å². The summed E-state index contributed by atoms with van der Waals surface area (Å²) in [6, 6.07) is 7.78. The van der Waals surface area contributed by atoms with Gasteiger partial charge in [0.15, 0.2) is 5.82 Å². The van der Waals surface area contributed by atoms with E-state index in [0.29, 0.717) is 11.7 Å². The Balaban J connectivity index is 2.37. The Morgan fingerprint density at radius 2 is 2.20 bits per heavy atom. The molecule has 1 aromatic carbocycles. The first kappa shape index (κ1) is 9.86. The quantitative estimate of drug-likeness (QED) is 0.813. The van der Waals surface area contributed by atoms with Crippen molar-refractivity contribution in [2.75, 3.05) is 0 Å². The Labute approximate surface area is 87.6 Å². The number of aryl methyl sites for hydroxylation is 1. The maximum atomic E-state index is 9.25. The van der Waals surface area contributed by atoms with E-state index in [4.69, 9.17) is 4.52 Å². The van der Waals surface area contributed by atoms with Crippen LogP contribution in [0.2, 0.25) is 0 Å². The highest BCUT2D eigenvalue weighted by molar-refractivity contribution is 5.53. The smallest absolute Gasteiger partial charge is 0.258 e. The van der Waals surface area contributed by atoms with Crippen LogP contribution in [-0.2, 0) is 0 Å². The molecular weight excluding hydrogens is 192 g/mol. The van der Waals surface area contributed by atoms with E-state index in [1.54, 1.807) is 6.92 Å². The molecule has 78 valence electrons. The molecule has 0 fully saturated rings. The van der Waals surface area contributed by atoms with Crippen molar-refractivity contribution in [2.24, 2.45) is 0 Å². The monoisotopic (exact) mass is 204 g/mol. The number of benzene rings is 1. The second-order valence-corrected chi connectivity index (χ2v) is 3.50. The first-order valence-corrected chi connectivity index (χ1v) is 4.75. The molecule has 0 radical (unpaired) electrons. The normalized spacial score (nSPS) is 12.7. The molecule has 0 spiro atoms. The van der Waals surface area contributed by atoms with Crippen LogP contribution in [0.25, 0.3) is 11.5 Å². The molecule has 1 N–H and O–H groups in total. The van der Waals surface area contributed by atoms with Gasteiger partial charge in [-0.05, 0) is 26.0 Å². The Bertz CT molecular complexity index is 463. The molecule has 15 heavy (non-hydrogen) atoms. The van der Waals surface area contributed by atoms with Gasteiger partial charge in [-0.2, -0.15) is 4.98 Å². The second-order valence-electron chi connectivity index (χ2n) is 3.50. The van der Waals surface area contributed by atoms with Gasteiger partial charge in [-0.1, -0.05) is 22.9 Å². The molecule has 4 heteroatoms. The van der Waals surface area contributed by atoms with E-state index < -0.39 is 6.10 Å². The van der Waals surface area contributed by atoms with Gasteiger partial charge in [0.2, 0.25) is 0 Å². The van der Waals surface area contributed by atoms with E-state index in [0.717, 1.165) is 11.1 Å². The summed E-state index contributed by atoms with van der Waals surface area (Å²) in [5.74, 6) is 0.751. The number of aliphatic hydroxyl groups excluding tert-OH is 1. The molecule has 1 atom stereocenters. The van der Waals surface area contributed by atoms with Crippen LogP contribution >= 0.6 is 0 Å². The number of hydrogen-bond donors (Lipinski definition) is 1. The predicted octanol–water partition coefficient (Wildman–Crippen LogP) is 2.10. The van der Waals surface area contributed by atoms with E-state index in [1.165, 1.54) is 0 Å². The standard InChI is InChI=1S/C11H12N2O2/c1-7-4-3-5-9(6-7)11-12-10(8(2)14)13-15-11/h3-6,8,14H,1-2H3. The van der Waals surface area contributed by atoms with Crippen molar-refractivity contribution in [3.05, 3.63) is 35.7 Å². The number of hydrogen-bond acceptors (Lipinski definition) is 4. The zero-order valence-corrected chi connectivity index (χ0v) is 8.64. The summed E-state index contributed by atoms with van der Waals surface area (Å²) in [7, 11) is 0. The molecule has 0 aliphatic heterocycles. The molecule has 2 rings (SSSR count). The highest BCUT2D eigenvalue weighted by Gasteiger charge is 2.11. The Kier molecular flexibility index (Phi) is 2.51. The van der Waals surface area contributed by atoms with Gasteiger partial charge in [0.25, 0.3) is 5.89 Å². The van der Waals surface area contributed by atoms with Gasteiger partial charge < -0.3 is 9.63 Å². The van der Waals surface area contributed by atoms with Crippen molar-refractivity contribution in [1.29, 1.82) is 0 Å². The molecule has 1 unspecified atom stereocenters. The lowest BCUT2D eigenvalue weighted by molar-refractivity contribution is 0.184. The predicted molar refractivity (Wildman–Crippen MR) is 55.1 cm³/mol. The van der Waals surface area contributed by atoms with Gasteiger partial charge in [0.1, 0.15) is 6.10 Å². The zero-order chi connectivity index (χ0) is 10.8. The summed E-state index contributed by atoms with van der Waals surface area (Å²) in [4.78, 5) is 4.09. The van der Waals surface area contributed by atoms with Crippen molar-refractivity contribution in [2.45, 2.75) is 20.0 Å². The molecule has 2 aromatic rings. The van der Waals surface area contributed by atoms with E-state index in [2.05, 4.69) is 10.1 Å². The van der Waals surface area contributed by atoms with E-state index in [9.17, 15) is 5.11 Å². The van der Waals surface area contributed by atoms with Crippen molar-refractivity contribution in [3.8, 4) is 11.5 Å². The van der Waals surface area contributed by atoms with Crippen LogP contribution in [0.3, 0.4) is 0 Å². The van der Waals surface area contributed by atoms with Crippen molar-refractivity contribution in [3.63, 3.8) is 0 Å². The minimum Gasteiger partial charge on any atom is -0.385 e. The first-order chi connectivity index (χ1) is 7.16. The Morgan fingerprint density at radius 1 is 1.40 bits per heavy atom. The van der Waals surface area contributed by atoms with E-state index >= 15 is 0 Å². The third-order valence-corrected chi connectivity index (χ3v) is 2.08. The number of aromatic nitrogens is 2. The third kappa shape index (κ3) is 2.05. The van der Waals surface area contributed by atoms with Gasteiger partial charge in [-0.15, -0.1) is 0 Å². The highest BCUT2D eigenvalue weighted by atomic mass is 16.5. The first-order valence-electron chi connectivity index (χ1n) is 4.75. The fourth-order valence-corrected chi connectivity index (χ4v) is 1.30. The van der Waals surface area contributed by atoms with Crippen LogP contribution in [0.15, 0.2) is 28.8 Å². The third-order valence-electron chi connectivity index (χ3n) is 2.08. The summed E-state index contributed by atoms with van der Waals surface area (Å²) in [6.07, 6.45) is -0.702. The lowest BCUT2D eigenvalue weighted by Gasteiger charge is -1.95. The summed E-state index contributed by atoms with van der Waals surface area (Å²) in [5.41, 5.74) is 2.00. The van der Waals surface area contributed by atoms with Crippen molar-refractivity contribution >= 4 is 0 Å². The zero-order valence-electron chi connectivity index (χ0n) is 8.64. The maximum Gasteiger partial charge on any atom is 0.258 e. The lowest BCUT2D eigenvalue weighted by atomic mass is 10.1. The van der Waals surface area contributed by atoms with E-state index in [-0.39, 0.29) is 0 Å². The summed E-state index contributed by atoms with van der Waals surface area (Å²) in [5, 5.41) is 12.9. The van der Waals surface area contributed by atoms with E-state index in [1.807, 2.05) is 31.2 Å². The molecular formula is C11H12N2O2. The van der Waals surface area contributed by atoms with Crippen LogP contribution in [0.1, 0.15) is 24.4 Å². The number of nitrogens with zero attached hydrogens (tertiary/aromatic N) is 2. The van der Waals surface area contributed by atoms with Crippen LogP contribution in [-0.4, -0.2) is 15.2 Å². The second kappa shape index (κ2) is 3.82. The average Bonchev–Trinajstić information content (AvgIpc) is 2.66. The molecule has 0 aliphatic carbocycles. The molecule has 0 amide bonds. The number of rotatable bonds is 2. The molecule has 0 bridgehead atoms. The van der Waals surface area contributed by atoms with Gasteiger partial charge in [0.05, 0.1) is 0 Å². The van der Waals surface area contributed by atoms with Crippen LogP contribution in [0.4, 0.5) is 0 Å². The van der Waals surface area contributed by atoms with Crippen LogP contribution < -0.4 is 0 Å². The lowest BCUT2D eigenvalue weighted by Crippen LogP contribution is -1.92. The molecule has 4 nitrogen and oxygen atoms in total. The van der Waals surface area contributed by atoms with Gasteiger partial charge in [-0.25, -0.2) is 0 Å². The molecule has 1 aromatic heterocycles. The average molecular weight is 204 g/mol. The Morgan fingerprint density at radius 3 is 2.80 bits per heavy atom. The Hall–Kier alpha value is -1.68. The highest BCUT2D eigenvalue weighted by Crippen LogP contribution is 2.19. The maximum absolute atomic E-state index is 9.25. The van der Waals surface area contributed by atoms with Gasteiger partial charge >= 0.3 is 0 Å². The summed E-state index contributed by atoms with van der Waals surface area (Å²) < 4.78 is 5.05. The SMILES string of the molecule is Cc1cccc(-c2nc(C(C)O)no2)c1. The fourth-order valence-electron chi connectivity index (χ4n) is 1.30. The number of aliphatic hydroxyl groups is 1. The van der Waals surface area contributed by atoms with Crippen LogP contribution in [0, 0.1) is 6.92 Å². The largest absolute Gasteiger partial charge is 0.385 e. The topological polar surface area (TPSA) is 59.2 Å². The van der Waals surface area contributed by atoms with Crippen molar-refractivity contribution < 1.29 is 9.63 Å². The van der Waals surface area contributed by atoms with Crippen LogP contribution in [0.5, 0.6) is 0 Å². The summed E-state index contributed by atoms with van der Waals surface area (Å²) >= 11 is 0. The summed E-state index contributed by atoms with van der Waals surface area (Å²) in [6.45, 7) is 3.60. The van der Waals surface area contributed by atoms with Gasteiger partial charge in [0, 0.05) is 5.56 Å². The molecule has 0 aliphatic rings. The fraction of sp³-hybridized carbons (Fsp3) is 0.273. The minimum absolute atomic E-state index is 0.312.